The lowest BCUT2D eigenvalue weighted by Crippen LogP contribution is -2.42. The van der Waals surface area contributed by atoms with Gasteiger partial charge in [-0.25, -0.2) is 0 Å². The first-order chi connectivity index (χ1) is 9.75. The second-order valence-corrected chi connectivity index (χ2v) is 5.46. The van der Waals surface area contributed by atoms with Gasteiger partial charge in [-0.2, -0.15) is 5.10 Å². The van der Waals surface area contributed by atoms with E-state index in [9.17, 15) is 4.79 Å². The summed E-state index contributed by atoms with van der Waals surface area (Å²) in [6.45, 7) is 1.67. The molecule has 1 atom stereocenters. The van der Waals surface area contributed by atoms with E-state index in [-0.39, 0.29) is 12.0 Å². The van der Waals surface area contributed by atoms with E-state index in [0.717, 1.165) is 10.0 Å². The van der Waals surface area contributed by atoms with Gasteiger partial charge in [-0.1, -0.05) is 34.1 Å². The first-order valence-corrected chi connectivity index (χ1v) is 7.19. The molecule has 1 aliphatic heterocycles. The number of carbonyl (C=O) groups excluding carboxylic acids is 1. The maximum atomic E-state index is 12.3. The fraction of sp³-hybridized carbons (Fsp3) is 0.286. The summed E-state index contributed by atoms with van der Waals surface area (Å²) in [7, 11) is 0. The molecule has 0 aliphatic carbocycles. The van der Waals surface area contributed by atoms with E-state index in [1.807, 2.05) is 24.3 Å². The van der Waals surface area contributed by atoms with Gasteiger partial charge < -0.3 is 9.64 Å². The molecule has 0 spiro atoms. The van der Waals surface area contributed by atoms with Crippen molar-refractivity contribution in [2.45, 2.75) is 6.10 Å². The van der Waals surface area contributed by atoms with Gasteiger partial charge in [0.2, 0.25) is 0 Å². The summed E-state index contributed by atoms with van der Waals surface area (Å²) in [5.74, 6) is -0.0390. The van der Waals surface area contributed by atoms with Crippen molar-refractivity contribution in [3.63, 3.8) is 0 Å². The third-order valence-electron chi connectivity index (χ3n) is 3.34. The minimum absolute atomic E-state index is 0.0390. The zero-order valence-electron chi connectivity index (χ0n) is 10.8. The minimum atomic E-state index is -0.105. The van der Waals surface area contributed by atoms with Gasteiger partial charge in [0.15, 0.2) is 0 Å². The molecular weight excluding hydrogens is 322 g/mol. The van der Waals surface area contributed by atoms with Crippen molar-refractivity contribution in [1.82, 2.24) is 15.1 Å². The van der Waals surface area contributed by atoms with Crippen LogP contribution in [0.25, 0.3) is 0 Å². The molecule has 0 saturated carbocycles. The maximum absolute atomic E-state index is 12.3. The number of aromatic amines is 1. The molecule has 1 amide bonds. The summed E-state index contributed by atoms with van der Waals surface area (Å²) in [6, 6.07) is 9.61. The Bertz CT molecular complexity index is 600. The van der Waals surface area contributed by atoms with Crippen LogP contribution in [-0.4, -0.2) is 40.7 Å². The average molecular weight is 336 g/mol. The third-order valence-corrected chi connectivity index (χ3v) is 4.06. The van der Waals surface area contributed by atoms with Gasteiger partial charge in [0.1, 0.15) is 11.8 Å². The van der Waals surface area contributed by atoms with Gasteiger partial charge in [0, 0.05) is 17.2 Å². The SMILES string of the molecule is O=C(c1ccn[nH]1)N1CCOC(c2ccccc2Br)C1. The molecule has 1 aliphatic rings. The Hall–Kier alpha value is -1.66. The number of aromatic nitrogens is 2. The molecule has 104 valence electrons. The highest BCUT2D eigenvalue weighted by Crippen LogP contribution is 2.28. The number of carbonyl (C=O) groups is 1. The monoisotopic (exact) mass is 335 g/mol. The van der Waals surface area contributed by atoms with Gasteiger partial charge in [-0.15, -0.1) is 0 Å². The lowest BCUT2D eigenvalue weighted by molar-refractivity contribution is -0.0233. The Morgan fingerprint density at radius 3 is 3.00 bits per heavy atom. The summed E-state index contributed by atoms with van der Waals surface area (Å²) in [4.78, 5) is 14.1. The van der Waals surface area contributed by atoms with Crippen molar-refractivity contribution in [1.29, 1.82) is 0 Å². The van der Waals surface area contributed by atoms with Crippen LogP contribution in [0.5, 0.6) is 0 Å². The normalized spacial score (nSPS) is 19.1. The van der Waals surface area contributed by atoms with Crippen LogP contribution in [-0.2, 0) is 4.74 Å². The predicted octanol–water partition coefficient (Wildman–Crippen LogP) is 2.39. The van der Waals surface area contributed by atoms with E-state index in [1.165, 1.54) is 0 Å². The van der Waals surface area contributed by atoms with Crippen LogP contribution < -0.4 is 0 Å². The predicted molar refractivity (Wildman–Crippen MR) is 77.3 cm³/mol. The van der Waals surface area contributed by atoms with Crippen molar-refractivity contribution in [3.05, 3.63) is 52.3 Å². The molecule has 1 aromatic heterocycles. The summed E-state index contributed by atoms with van der Waals surface area (Å²) >= 11 is 3.53. The van der Waals surface area contributed by atoms with Crippen LogP contribution in [0.15, 0.2) is 41.0 Å². The number of hydrogen-bond acceptors (Lipinski definition) is 3. The molecule has 2 aromatic rings. The molecule has 1 N–H and O–H groups in total. The highest BCUT2D eigenvalue weighted by Gasteiger charge is 2.27. The summed E-state index contributed by atoms with van der Waals surface area (Å²) < 4.78 is 6.79. The van der Waals surface area contributed by atoms with Gasteiger partial charge in [0.25, 0.3) is 5.91 Å². The lowest BCUT2D eigenvalue weighted by atomic mass is 10.1. The third kappa shape index (κ3) is 2.62. The van der Waals surface area contributed by atoms with Crippen LogP contribution in [0.3, 0.4) is 0 Å². The van der Waals surface area contributed by atoms with E-state index in [0.29, 0.717) is 25.4 Å². The number of H-pyrrole nitrogens is 1. The van der Waals surface area contributed by atoms with Crippen molar-refractivity contribution >= 4 is 21.8 Å². The summed E-state index contributed by atoms with van der Waals surface area (Å²) in [5.41, 5.74) is 1.58. The number of nitrogens with one attached hydrogen (secondary N) is 1. The Labute approximate surface area is 125 Å². The Morgan fingerprint density at radius 1 is 1.40 bits per heavy atom. The van der Waals surface area contributed by atoms with Crippen LogP contribution in [0, 0.1) is 0 Å². The van der Waals surface area contributed by atoms with Crippen molar-refractivity contribution < 1.29 is 9.53 Å². The fourth-order valence-corrected chi connectivity index (χ4v) is 2.84. The van der Waals surface area contributed by atoms with Gasteiger partial charge in [0.05, 0.1) is 13.2 Å². The van der Waals surface area contributed by atoms with Gasteiger partial charge in [-0.05, 0) is 17.7 Å². The number of amides is 1. The number of hydrogen-bond donors (Lipinski definition) is 1. The van der Waals surface area contributed by atoms with Crippen LogP contribution in [0.4, 0.5) is 0 Å². The molecule has 1 unspecified atom stereocenters. The van der Waals surface area contributed by atoms with Gasteiger partial charge >= 0.3 is 0 Å². The summed E-state index contributed by atoms with van der Waals surface area (Å²) in [5, 5.41) is 6.53. The number of nitrogens with zero attached hydrogens (tertiary/aromatic N) is 2. The number of morpholine rings is 1. The second kappa shape index (κ2) is 5.76. The van der Waals surface area contributed by atoms with Crippen LogP contribution in [0.2, 0.25) is 0 Å². The maximum Gasteiger partial charge on any atom is 0.272 e. The molecule has 0 bridgehead atoms. The molecule has 3 rings (SSSR count). The average Bonchev–Trinajstić information content (AvgIpc) is 3.01. The van der Waals surface area contributed by atoms with E-state index >= 15 is 0 Å². The van der Waals surface area contributed by atoms with E-state index < -0.39 is 0 Å². The van der Waals surface area contributed by atoms with E-state index in [1.54, 1.807) is 17.2 Å². The smallest absolute Gasteiger partial charge is 0.272 e. The minimum Gasteiger partial charge on any atom is -0.370 e. The first-order valence-electron chi connectivity index (χ1n) is 6.40. The molecule has 1 aromatic carbocycles. The molecule has 20 heavy (non-hydrogen) atoms. The largest absolute Gasteiger partial charge is 0.370 e. The number of ether oxygens (including phenoxy) is 1. The zero-order valence-corrected chi connectivity index (χ0v) is 12.3. The first kappa shape index (κ1) is 13.3. The van der Waals surface area contributed by atoms with Crippen LogP contribution >= 0.6 is 15.9 Å². The van der Waals surface area contributed by atoms with E-state index in [4.69, 9.17) is 4.74 Å². The summed E-state index contributed by atoms with van der Waals surface area (Å²) in [6.07, 6.45) is 1.48. The molecule has 6 heteroatoms. The molecule has 2 heterocycles. The Morgan fingerprint density at radius 2 is 2.25 bits per heavy atom. The van der Waals surface area contributed by atoms with E-state index in [2.05, 4.69) is 26.1 Å². The number of rotatable bonds is 2. The van der Waals surface area contributed by atoms with Crippen molar-refractivity contribution in [3.8, 4) is 0 Å². The number of benzene rings is 1. The molecule has 0 radical (unpaired) electrons. The van der Waals surface area contributed by atoms with Crippen LogP contribution in [0.1, 0.15) is 22.2 Å². The highest BCUT2D eigenvalue weighted by atomic mass is 79.9. The highest BCUT2D eigenvalue weighted by molar-refractivity contribution is 9.10. The van der Waals surface area contributed by atoms with Crippen molar-refractivity contribution in [2.75, 3.05) is 19.7 Å². The molecule has 1 saturated heterocycles. The lowest BCUT2D eigenvalue weighted by Gasteiger charge is -2.33. The molecule has 5 nitrogen and oxygen atoms in total. The fourth-order valence-electron chi connectivity index (χ4n) is 2.30. The zero-order chi connectivity index (χ0) is 13.9. The standard InChI is InChI=1S/C14H14BrN3O2/c15-11-4-2-1-3-10(11)13-9-18(7-8-20-13)14(19)12-5-6-16-17-12/h1-6,13H,7-9H2,(H,16,17). The van der Waals surface area contributed by atoms with Gasteiger partial charge in [-0.3, -0.25) is 9.89 Å². The topological polar surface area (TPSA) is 58.2 Å². The quantitative estimate of drug-likeness (QED) is 0.916. The molecule has 1 fully saturated rings. The van der Waals surface area contributed by atoms with Crippen molar-refractivity contribution in [2.24, 2.45) is 0 Å². The Balaban J connectivity index is 1.77. The second-order valence-electron chi connectivity index (χ2n) is 4.60. The molecular formula is C14H14BrN3O2. The Kier molecular flexibility index (Phi) is 3.84. The number of halogens is 1.